The van der Waals surface area contributed by atoms with E-state index in [1.807, 2.05) is 0 Å². The number of benzene rings is 2. The smallest absolute Gasteiger partial charge is 0.262 e. The molecule has 2 amide bonds. The quantitative estimate of drug-likeness (QED) is 0.642. The van der Waals surface area contributed by atoms with Crippen LogP contribution >= 0.6 is 11.6 Å². The number of imide groups is 1. The third kappa shape index (κ3) is 3.04. The van der Waals surface area contributed by atoms with Crippen LogP contribution in [0.25, 0.3) is 0 Å². The molecule has 26 heavy (non-hydrogen) atoms. The average molecular weight is 370 g/mol. The van der Waals surface area contributed by atoms with Crippen LogP contribution in [0.2, 0.25) is 5.02 Å². The van der Waals surface area contributed by atoms with Gasteiger partial charge in [-0.1, -0.05) is 28.9 Å². The number of nitrogens with zero attached hydrogens (tertiary/aromatic N) is 3. The van der Waals surface area contributed by atoms with Gasteiger partial charge in [-0.2, -0.15) is 4.98 Å². The molecule has 1 aliphatic heterocycles. The van der Waals surface area contributed by atoms with Gasteiger partial charge in [-0.05, 0) is 36.4 Å². The average Bonchev–Trinajstić information content (AvgIpc) is 3.20. The standard InChI is InChI=1S/C18H12ClN3O4/c19-11-5-7-12(8-6-11)25-10-15-20-16(26-21-15)9-22-17(23)13-3-1-2-4-14(13)18(22)24/h1-8H,9-10H2. The zero-order valence-corrected chi connectivity index (χ0v) is 14.1. The molecule has 1 aliphatic rings. The second-order valence-corrected chi connectivity index (χ2v) is 6.03. The number of ether oxygens (including phenoxy) is 1. The number of carbonyl (C=O) groups is 2. The number of hydrogen-bond donors (Lipinski definition) is 0. The van der Waals surface area contributed by atoms with Crippen molar-refractivity contribution < 1.29 is 18.8 Å². The summed E-state index contributed by atoms with van der Waals surface area (Å²) in [5.41, 5.74) is 0.756. The lowest BCUT2D eigenvalue weighted by atomic mass is 10.1. The molecule has 0 N–H and O–H groups in total. The molecule has 0 saturated carbocycles. The molecule has 0 radical (unpaired) electrons. The molecule has 8 heteroatoms. The maximum absolute atomic E-state index is 12.3. The van der Waals surface area contributed by atoms with Gasteiger partial charge in [-0.25, -0.2) is 0 Å². The highest BCUT2D eigenvalue weighted by atomic mass is 35.5. The second kappa shape index (κ2) is 6.61. The van der Waals surface area contributed by atoms with Gasteiger partial charge in [-0.3, -0.25) is 14.5 Å². The minimum Gasteiger partial charge on any atom is -0.485 e. The Kier molecular flexibility index (Phi) is 4.14. The first-order chi connectivity index (χ1) is 12.6. The van der Waals surface area contributed by atoms with Crippen LogP contribution in [-0.2, 0) is 13.2 Å². The zero-order chi connectivity index (χ0) is 18.1. The second-order valence-electron chi connectivity index (χ2n) is 5.59. The summed E-state index contributed by atoms with van der Waals surface area (Å²) in [5.74, 6) is 0.340. The van der Waals surface area contributed by atoms with E-state index in [2.05, 4.69) is 10.1 Å². The molecule has 130 valence electrons. The Hall–Kier alpha value is -3.19. The van der Waals surface area contributed by atoms with Gasteiger partial charge >= 0.3 is 0 Å². The topological polar surface area (TPSA) is 85.5 Å². The molecule has 0 aliphatic carbocycles. The monoisotopic (exact) mass is 369 g/mol. The Balaban J connectivity index is 1.42. The number of fused-ring (bicyclic) bond motifs is 1. The Bertz CT molecular complexity index is 949. The van der Waals surface area contributed by atoms with E-state index in [-0.39, 0.29) is 30.9 Å². The molecule has 0 spiro atoms. The number of amides is 2. The summed E-state index contributed by atoms with van der Waals surface area (Å²) in [5, 5.41) is 4.41. The summed E-state index contributed by atoms with van der Waals surface area (Å²) in [4.78, 5) is 29.9. The number of aromatic nitrogens is 2. The van der Waals surface area contributed by atoms with Crippen molar-refractivity contribution in [1.29, 1.82) is 0 Å². The molecule has 0 fully saturated rings. The molecular weight excluding hydrogens is 358 g/mol. The van der Waals surface area contributed by atoms with Crippen LogP contribution in [0, 0.1) is 0 Å². The Morgan fingerprint density at radius 2 is 1.65 bits per heavy atom. The van der Waals surface area contributed by atoms with E-state index < -0.39 is 0 Å². The minimum atomic E-state index is -0.372. The van der Waals surface area contributed by atoms with Crippen molar-refractivity contribution in [2.45, 2.75) is 13.2 Å². The van der Waals surface area contributed by atoms with Crippen LogP contribution in [-0.4, -0.2) is 26.9 Å². The molecule has 0 unspecified atom stereocenters. The fourth-order valence-corrected chi connectivity index (χ4v) is 2.74. The zero-order valence-electron chi connectivity index (χ0n) is 13.4. The minimum absolute atomic E-state index is 0.0830. The normalized spacial score (nSPS) is 13.2. The summed E-state index contributed by atoms with van der Waals surface area (Å²) in [7, 11) is 0. The Morgan fingerprint density at radius 1 is 1.00 bits per heavy atom. The lowest BCUT2D eigenvalue weighted by Crippen LogP contribution is -2.29. The predicted octanol–water partition coefficient (Wildman–Crippen LogP) is 3.10. The van der Waals surface area contributed by atoms with Crippen molar-refractivity contribution in [3.8, 4) is 5.75 Å². The van der Waals surface area contributed by atoms with Crippen molar-refractivity contribution in [1.82, 2.24) is 15.0 Å². The van der Waals surface area contributed by atoms with E-state index in [9.17, 15) is 9.59 Å². The highest BCUT2D eigenvalue weighted by molar-refractivity contribution is 6.30. The van der Waals surface area contributed by atoms with Crippen molar-refractivity contribution in [3.63, 3.8) is 0 Å². The van der Waals surface area contributed by atoms with E-state index >= 15 is 0 Å². The number of carbonyl (C=O) groups excluding carboxylic acids is 2. The summed E-state index contributed by atoms with van der Waals surface area (Å²) >= 11 is 5.82. The number of rotatable bonds is 5. The molecule has 7 nitrogen and oxygen atoms in total. The number of hydrogen-bond acceptors (Lipinski definition) is 6. The van der Waals surface area contributed by atoms with Gasteiger partial charge in [0.1, 0.15) is 12.3 Å². The van der Waals surface area contributed by atoms with Crippen LogP contribution < -0.4 is 4.74 Å². The predicted molar refractivity (Wildman–Crippen MR) is 90.7 cm³/mol. The summed E-state index contributed by atoms with van der Waals surface area (Å²) in [6.45, 7) is 0.00748. The lowest BCUT2D eigenvalue weighted by Gasteiger charge is -2.09. The maximum atomic E-state index is 12.3. The summed E-state index contributed by atoms with van der Waals surface area (Å²) in [6, 6.07) is 13.5. The SMILES string of the molecule is O=C1c2ccccc2C(=O)N1Cc1nc(COc2ccc(Cl)cc2)no1. The van der Waals surface area contributed by atoms with Crippen LogP contribution in [0.4, 0.5) is 0 Å². The van der Waals surface area contributed by atoms with Gasteiger partial charge in [0, 0.05) is 5.02 Å². The first kappa shape index (κ1) is 16.3. The van der Waals surface area contributed by atoms with Gasteiger partial charge in [0.15, 0.2) is 6.61 Å². The van der Waals surface area contributed by atoms with Crippen molar-refractivity contribution >= 4 is 23.4 Å². The summed E-state index contributed by atoms with van der Waals surface area (Å²) in [6.07, 6.45) is 0. The number of halogens is 1. The molecule has 0 saturated heterocycles. The lowest BCUT2D eigenvalue weighted by molar-refractivity contribution is 0.0625. The third-order valence-electron chi connectivity index (χ3n) is 3.86. The highest BCUT2D eigenvalue weighted by Crippen LogP contribution is 2.24. The first-order valence-corrected chi connectivity index (χ1v) is 8.14. The molecule has 0 atom stereocenters. The molecule has 2 aromatic carbocycles. The molecule has 2 heterocycles. The molecular formula is C18H12ClN3O4. The van der Waals surface area contributed by atoms with Crippen molar-refractivity contribution in [3.05, 3.63) is 76.4 Å². The van der Waals surface area contributed by atoms with Crippen molar-refractivity contribution in [2.75, 3.05) is 0 Å². The Labute approximate surface area is 153 Å². The Morgan fingerprint density at radius 3 is 2.31 bits per heavy atom. The van der Waals surface area contributed by atoms with E-state index in [1.165, 1.54) is 0 Å². The third-order valence-corrected chi connectivity index (χ3v) is 4.12. The van der Waals surface area contributed by atoms with Crippen LogP contribution in [0.15, 0.2) is 53.1 Å². The van der Waals surface area contributed by atoms with Crippen molar-refractivity contribution in [2.24, 2.45) is 0 Å². The van der Waals surface area contributed by atoms with Gasteiger partial charge in [0.25, 0.3) is 11.8 Å². The molecule has 4 rings (SSSR count). The fourth-order valence-electron chi connectivity index (χ4n) is 2.61. The van der Waals surface area contributed by atoms with Crippen LogP contribution in [0.1, 0.15) is 32.4 Å². The highest BCUT2D eigenvalue weighted by Gasteiger charge is 2.36. The van der Waals surface area contributed by atoms with E-state index in [1.54, 1.807) is 48.5 Å². The van der Waals surface area contributed by atoms with Gasteiger partial charge in [0.2, 0.25) is 11.7 Å². The molecule has 1 aromatic heterocycles. The maximum Gasteiger partial charge on any atom is 0.262 e. The van der Waals surface area contributed by atoms with Crippen LogP contribution in [0.3, 0.4) is 0 Å². The van der Waals surface area contributed by atoms with E-state index in [0.29, 0.717) is 27.7 Å². The largest absolute Gasteiger partial charge is 0.485 e. The summed E-state index contributed by atoms with van der Waals surface area (Å²) < 4.78 is 10.7. The van der Waals surface area contributed by atoms with E-state index in [4.69, 9.17) is 20.9 Å². The first-order valence-electron chi connectivity index (χ1n) is 7.77. The van der Waals surface area contributed by atoms with Gasteiger partial charge in [0.05, 0.1) is 11.1 Å². The van der Waals surface area contributed by atoms with Gasteiger partial charge < -0.3 is 9.26 Å². The molecule has 0 bridgehead atoms. The van der Waals surface area contributed by atoms with Gasteiger partial charge in [-0.15, -0.1) is 0 Å². The fraction of sp³-hybridized carbons (Fsp3) is 0.111. The van der Waals surface area contributed by atoms with Crippen LogP contribution in [0.5, 0.6) is 5.75 Å². The molecule has 3 aromatic rings. The van der Waals surface area contributed by atoms with E-state index in [0.717, 1.165) is 4.90 Å².